The van der Waals surface area contributed by atoms with Gasteiger partial charge in [-0.1, -0.05) is 31.2 Å². The second-order valence-electron chi connectivity index (χ2n) is 3.59. The van der Waals surface area contributed by atoms with E-state index in [9.17, 15) is 5.11 Å². The summed E-state index contributed by atoms with van der Waals surface area (Å²) in [5.74, 6) is 0.392. The summed E-state index contributed by atoms with van der Waals surface area (Å²) >= 11 is 0. The van der Waals surface area contributed by atoms with E-state index in [-0.39, 0.29) is 0 Å². The number of phenols is 1. The zero-order valence-electron chi connectivity index (χ0n) is 8.54. The summed E-state index contributed by atoms with van der Waals surface area (Å²) in [4.78, 5) is 0. The van der Waals surface area contributed by atoms with Crippen LogP contribution in [0.5, 0.6) is 5.75 Å². The Morgan fingerprint density at radius 2 is 1.93 bits per heavy atom. The van der Waals surface area contributed by atoms with Crippen molar-refractivity contribution in [1.82, 2.24) is 0 Å². The van der Waals surface area contributed by atoms with Crippen LogP contribution in [-0.2, 0) is 6.42 Å². The maximum Gasteiger partial charge on any atom is 0.123 e. The van der Waals surface area contributed by atoms with Gasteiger partial charge in [-0.25, -0.2) is 0 Å². The van der Waals surface area contributed by atoms with Crippen molar-refractivity contribution >= 4 is 10.8 Å². The third-order valence-electron chi connectivity index (χ3n) is 2.70. The van der Waals surface area contributed by atoms with Crippen LogP contribution in [0.2, 0.25) is 0 Å². The minimum absolute atomic E-state index is 0.392. The number of benzene rings is 2. The monoisotopic (exact) mass is 186 g/mol. The van der Waals surface area contributed by atoms with Crippen molar-refractivity contribution in [3.8, 4) is 5.75 Å². The Bertz CT molecular complexity index is 472. The lowest BCUT2D eigenvalue weighted by atomic mass is 9.98. The van der Waals surface area contributed by atoms with Crippen molar-refractivity contribution in [2.45, 2.75) is 20.3 Å². The highest BCUT2D eigenvalue weighted by atomic mass is 16.3. The van der Waals surface area contributed by atoms with Crippen LogP contribution in [-0.4, -0.2) is 5.11 Å². The van der Waals surface area contributed by atoms with Gasteiger partial charge in [0.2, 0.25) is 0 Å². The first-order valence-corrected chi connectivity index (χ1v) is 4.94. The Morgan fingerprint density at radius 1 is 1.14 bits per heavy atom. The first kappa shape index (κ1) is 9.07. The molecule has 1 N–H and O–H groups in total. The highest BCUT2D eigenvalue weighted by Gasteiger charge is 2.05. The van der Waals surface area contributed by atoms with Gasteiger partial charge in [-0.05, 0) is 35.9 Å². The molecule has 0 bridgehead atoms. The largest absolute Gasteiger partial charge is 0.507 e. The fourth-order valence-electron chi connectivity index (χ4n) is 1.90. The Labute approximate surface area is 84.0 Å². The summed E-state index contributed by atoms with van der Waals surface area (Å²) in [5, 5.41) is 12.0. The van der Waals surface area contributed by atoms with Gasteiger partial charge in [-0.3, -0.25) is 0 Å². The lowest BCUT2D eigenvalue weighted by molar-refractivity contribution is 0.481. The van der Waals surface area contributed by atoms with Crippen LogP contribution in [0.25, 0.3) is 10.8 Å². The van der Waals surface area contributed by atoms with Crippen LogP contribution >= 0.6 is 0 Å². The Balaban J connectivity index is 2.92. The minimum Gasteiger partial charge on any atom is -0.507 e. The number of hydrogen-bond acceptors (Lipinski definition) is 1. The first-order chi connectivity index (χ1) is 6.74. The zero-order chi connectivity index (χ0) is 10.1. The van der Waals surface area contributed by atoms with Gasteiger partial charge in [0.1, 0.15) is 5.75 Å². The van der Waals surface area contributed by atoms with Crippen molar-refractivity contribution in [2.24, 2.45) is 0 Å². The van der Waals surface area contributed by atoms with Crippen LogP contribution in [0.15, 0.2) is 30.3 Å². The molecule has 0 atom stereocenters. The van der Waals surface area contributed by atoms with Crippen molar-refractivity contribution in [1.29, 1.82) is 0 Å². The Hall–Kier alpha value is -1.50. The topological polar surface area (TPSA) is 20.2 Å². The molecule has 0 heterocycles. The summed E-state index contributed by atoms with van der Waals surface area (Å²) in [6.45, 7) is 4.18. The molecule has 72 valence electrons. The number of phenolic OH excluding ortho intramolecular Hbond substituents is 1. The van der Waals surface area contributed by atoms with E-state index in [4.69, 9.17) is 0 Å². The SMILES string of the molecule is CCc1cccc2c(C)ccc(O)c12. The second kappa shape index (κ2) is 3.33. The maximum absolute atomic E-state index is 9.81. The van der Waals surface area contributed by atoms with Crippen LogP contribution in [0.1, 0.15) is 18.1 Å². The predicted molar refractivity (Wildman–Crippen MR) is 59.7 cm³/mol. The summed E-state index contributed by atoms with van der Waals surface area (Å²) in [5.41, 5.74) is 2.43. The molecule has 1 nitrogen and oxygen atoms in total. The van der Waals surface area contributed by atoms with Gasteiger partial charge in [0.05, 0.1) is 0 Å². The van der Waals surface area contributed by atoms with E-state index in [0.717, 1.165) is 17.2 Å². The third kappa shape index (κ3) is 1.25. The summed E-state index contributed by atoms with van der Waals surface area (Å²) < 4.78 is 0. The molecule has 0 fully saturated rings. The van der Waals surface area contributed by atoms with Gasteiger partial charge in [0.15, 0.2) is 0 Å². The molecule has 0 unspecified atom stereocenters. The molecule has 1 heteroatoms. The lowest BCUT2D eigenvalue weighted by Crippen LogP contribution is -1.86. The lowest BCUT2D eigenvalue weighted by Gasteiger charge is -2.08. The van der Waals surface area contributed by atoms with E-state index in [0.29, 0.717) is 5.75 Å². The van der Waals surface area contributed by atoms with Crippen molar-refractivity contribution in [3.63, 3.8) is 0 Å². The third-order valence-corrected chi connectivity index (χ3v) is 2.70. The van der Waals surface area contributed by atoms with Gasteiger partial charge in [-0.2, -0.15) is 0 Å². The van der Waals surface area contributed by atoms with Gasteiger partial charge in [-0.15, -0.1) is 0 Å². The number of fused-ring (bicyclic) bond motifs is 1. The molecule has 2 aromatic rings. The summed E-state index contributed by atoms with van der Waals surface area (Å²) in [6.07, 6.45) is 0.953. The van der Waals surface area contributed by atoms with Gasteiger partial charge in [0, 0.05) is 5.39 Å². The van der Waals surface area contributed by atoms with Crippen molar-refractivity contribution in [2.75, 3.05) is 0 Å². The predicted octanol–water partition coefficient (Wildman–Crippen LogP) is 3.42. The molecular weight excluding hydrogens is 172 g/mol. The fraction of sp³-hybridized carbons (Fsp3) is 0.231. The number of aryl methyl sites for hydroxylation is 2. The molecule has 0 amide bonds. The van der Waals surface area contributed by atoms with E-state index in [1.54, 1.807) is 6.07 Å². The highest BCUT2D eigenvalue weighted by Crippen LogP contribution is 2.30. The molecule has 0 saturated heterocycles. The summed E-state index contributed by atoms with van der Waals surface area (Å²) in [7, 11) is 0. The van der Waals surface area contributed by atoms with Crippen LogP contribution in [0, 0.1) is 6.92 Å². The number of aromatic hydroxyl groups is 1. The van der Waals surface area contributed by atoms with Crippen LogP contribution < -0.4 is 0 Å². The average Bonchev–Trinajstić information content (AvgIpc) is 2.23. The zero-order valence-corrected chi connectivity index (χ0v) is 8.54. The van der Waals surface area contributed by atoms with E-state index < -0.39 is 0 Å². The van der Waals surface area contributed by atoms with Gasteiger partial charge in [0.25, 0.3) is 0 Å². The molecule has 0 aromatic heterocycles. The molecule has 14 heavy (non-hydrogen) atoms. The molecule has 0 spiro atoms. The molecule has 0 aliphatic carbocycles. The van der Waals surface area contributed by atoms with E-state index in [2.05, 4.69) is 26.0 Å². The normalized spacial score (nSPS) is 10.7. The Morgan fingerprint density at radius 3 is 2.64 bits per heavy atom. The van der Waals surface area contributed by atoms with Crippen LogP contribution in [0.3, 0.4) is 0 Å². The highest BCUT2D eigenvalue weighted by molar-refractivity contribution is 5.93. The minimum atomic E-state index is 0.392. The van der Waals surface area contributed by atoms with E-state index in [1.165, 1.54) is 11.1 Å². The first-order valence-electron chi connectivity index (χ1n) is 4.94. The summed E-state index contributed by atoms with van der Waals surface area (Å²) in [6, 6.07) is 9.91. The standard InChI is InChI=1S/C13H14O/c1-3-10-5-4-6-11-9(2)7-8-12(14)13(10)11/h4-8,14H,3H2,1-2H3. The molecule has 0 saturated carbocycles. The molecule has 0 aliphatic rings. The van der Waals surface area contributed by atoms with Gasteiger partial charge < -0.3 is 5.11 Å². The van der Waals surface area contributed by atoms with Gasteiger partial charge >= 0.3 is 0 Å². The molecule has 2 rings (SSSR count). The smallest absolute Gasteiger partial charge is 0.123 e. The number of rotatable bonds is 1. The quantitative estimate of drug-likeness (QED) is 0.723. The fourth-order valence-corrected chi connectivity index (χ4v) is 1.90. The maximum atomic E-state index is 9.81. The molecule has 2 aromatic carbocycles. The molecular formula is C13H14O. The van der Waals surface area contributed by atoms with Crippen molar-refractivity contribution in [3.05, 3.63) is 41.5 Å². The molecule has 0 radical (unpaired) electrons. The Kier molecular flexibility index (Phi) is 2.16. The second-order valence-corrected chi connectivity index (χ2v) is 3.59. The average molecular weight is 186 g/mol. The molecule has 0 aliphatic heterocycles. The van der Waals surface area contributed by atoms with E-state index in [1.807, 2.05) is 12.1 Å². The van der Waals surface area contributed by atoms with Crippen LogP contribution in [0.4, 0.5) is 0 Å². The number of hydrogen-bond donors (Lipinski definition) is 1. The van der Waals surface area contributed by atoms with E-state index >= 15 is 0 Å². The van der Waals surface area contributed by atoms with Crippen molar-refractivity contribution < 1.29 is 5.11 Å².